The maximum atomic E-state index is 5.54. The van der Waals surface area contributed by atoms with E-state index in [0.29, 0.717) is 6.01 Å². The number of nitrogens with one attached hydrogen (secondary N) is 1. The highest BCUT2D eigenvalue weighted by Crippen LogP contribution is 2.31. The predicted octanol–water partition coefficient (Wildman–Crippen LogP) is 3.62. The quantitative estimate of drug-likeness (QED) is 0.856. The molecular formula is C14H18N2O. The van der Waals surface area contributed by atoms with Crippen LogP contribution in [0.2, 0.25) is 0 Å². The molecule has 1 aromatic heterocycles. The molecule has 0 aliphatic carbocycles. The molecule has 0 saturated heterocycles. The van der Waals surface area contributed by atoms with Gasteiger partial charge in [0.1, 0.15) is 11.5 Å². The third-order valence-corrected chi connectivity index (χ3v) is 2.92. The van der Waals surface area contributed by atoms with E-state index in [4.69, 9.17) is 4.42 Å². The lowest BCUT2D eigenvalue weighted by Gasteiger charge is -2.09. The lowest BCUT2D eigenvalue weighted by molar-refractivity contribution is 0.544. The second-order valence-corrected chi connectivity index (χ2v) is 4.45. The van der Waals surface area contributed by atoms with Crippen LogP contribution in [0.5, 0.6) is 0 Å². The number of aryl methyl sites for hydroxylation is 4. The van der Waals surface area contributed by atoms with Gasteiger partial charge in [-0.15, -0.1) is 0 Å². The molecule has 0 atom stereocenters. The van der Waals surface area contributed by atoms with Gasteiger partial charge in [0.25, 0.3) is 6.01 Å². The van der Waals surface area contributed by atoms with Gasteiger partial charge in [-0.2, -0.15) is 4.98 Å². The third-order valence-electron chi connectivity index (χ3n) is 2.92. The second kappa shape index (κ2) is 4.24. The van der Waals surface area contributed by atoms with Gasteiger partial charge in [-0.3, -0.25) is 0 Å². The summed E-state index contributed by atoms with van der Waals surface area (Å²) in [4.78, 5) is 4.47. The predicted molar refractivity (Wildman–Crippen MR) is 70.4 cm³/mol. The highest BCUT2D eigenvalue weighted by atomic mass is 16.4. The Morgan fingerprint density at radius 1 is 1.06 bits per heavy atom. The van der Waals surface area contributed by atoms with Crippen LogP contribution in [-0.4, -0.2) is 12.0 Å². The van der Waals surface area contributed by atoms with Gasteiger partial charge in [0.2, 0.25) is 0 Å². The summed E-state index contributed by atoms with van der Waals surface area (Å²) in [6.07, 6.45) is 0. The van der Waals surface area contributed by atoms with Crippen LogP contribution in [0.1, 0.15) is 22.5 Å². The molecule has 2 aromatic rings. The van der Waals surface area contributed by atoms with Crippen LogP contribution in [0.4, 0.5) is 6.01 Å². The SMILES string of the molecule is CNc1nc(-c2c(C)cc(C)cc2C)c(C)o1. The minimum absolute atomic E-state index is 0.567. The van der Waals surface area contributed by atoms with Crippen molar-refractivity contribution in [2.45, 2.75) is 27.7 Å². The summed E-state index contributed by atoms with van der Waals surface area (Å²) in [6.45, 7) is 8.28. The fourth-order valence-electron chi connectivity index (χ4n) is 2.29. The molecule has 0 aliphatic rings. The van der Waals surface area contributed by atoms with E-state index in [0.717, 1.165) is 11.5 Å². The Bertz CT molecular complexity index is 532. The van der Waals surface area contributed by atoms with Gasteiger partial charge >= 0.3 is 0 Å². The summed E-state index contributed by atoms with van der Waals surface area (Å²) in [5, 5.41) is 2.93. The number of nitrogens with zero attached hydrogens (tertiary/aromatic N) is 1. The smallest absolute Gasteiger partial charge is 0.295 e. The van der Waals surface area contributed by atoms with Gasteiger partial charge in [-0.25, -0.2) is 0 Å². The van der Waals surface area contributed by atoms with E-state index < -0.39 is 0 Å². The van der Waals surface area contributed by atoms with E-state index in [9.17, 15) is 0 Å². The highest BCUT2D eigenvalue weighted by Gasteiger charge is 2.15. The van der Waals surface area contributed by atoms with Crippen LogP contribution < -0.4 is 5.32 Å². The molecule has 3 nitrogen and oxygen atoms in total. The third kappa shape index (κ3) is 2.05. The van der Waals surface area contributed by atoms with Gasteiger partial charge in [-0.05, 0) is 38.8 Å². The number of oxazole rings is 1. The zero-order valence-electron chi connectivity index (χ0n) is 11.0. The average molecular weight is 230 g/mol. The molecule has 1 aromatic carbocycles. The summed E-state index contributed by atoms with van der Waals surface area (Å²) < 4.78 is 5.54. The van der Waals surface area contributed by atoms with Crippen molar-refractivity contribution in [3.8, 4) is 11.3 Å². The molecular weight excluding hydrogens is 212 g/mol. The van der Waals surface area contributed by atoms with Gasteiger partial charge in [0.05, 0.1) is 0 Å². The first kappa shape index (κ1) is 11.7. The molecule has 0 fully saturated rings. The van der Waals surface area contributed by atoms with Crippen molar-refractivity contribution in [1.82, 2.24) is 4.98 Å². The fourth-order valence-corrected chi connectivity index (χ4v) is 2.29. The van der Waals surface area contributed by atoms with Crippen molar-refractivity contribution < 1.29 is 4.42 Å². The normalized spacial score (nSPS) is 10.6. The van der Waals surface area contributed by atoms with Gasteiger partial charge in [-0.1, -0.05) is 17.7 Å². The van der Waals surface area contributed by atoms with Crippen molar-refractivity contribution in [3.63, 3.8) is 0 Å². The molecule has 0 spiro atoms. The Morgan fingerprint density at radius 2 is 1.65 bits per heavy atom. The second-order valence-electron chi connectivity index (χ2n) is 4.45. The monoisotopic (exact) mass is 230 g/mol. The molecule has 1 heterocycles. The maximum Gasteiger partial charge on any atom is 0.295 e. The van der Waals surface area contributed by atoms with Crippen LogP contribution in [0.25, 0.3) is 11.3 Å². The number of anilines is 1. The van der Waals surface area contributed by atoms with E-state index in [1.807, 2.05) is 14.0 Å². The number of benzene rings is 1. The summed E-state index contributed by atoms with van der Waals surface area (Å²) in [7, 11) is 1.81. The minimum Gasteiger partial charge on any atom is -0.428 e. The van der Waals surface area contributed by atoms with E-state index >= 15 is 0 Å². The number of aromatic nitrogens is 1. The summed E-state index contributed by atoms with van der Waals surface area (Å²) in [6, 6.07) is 4.92. The summed E-state index contributed by atoms with van der Waals surface area (Å²) in [5.41, 5.74) is 5.87. The molecule has 0 amide bonds. The molecule has 1 N–H and O–H groups in total. The maximum absolute atomic E-state index is 5.54. The first-order valence-electron chi connectivity index (χ1n) is 5.76. The van der Waals surface area contributed by atoms with E-state index in [1.54, 1.807) is 0 Å². The largest absolute Gasteiger partial charge is 0.428 e. The summed E-state index contributed by atoms with van der Waals surface area (Å²) >= 11 is 0. The molecule has 3 heteroatoms. The van der Waals surface area contributed by atoms with Crippen molar-refractivity contribution in [2.24, 2.45) is 0 Å². The van der Waals surface area contributed by atoms with Crippen molar-refractivity contribution >= 4 is 6.01 Å². The van der Waals surface area contributed by atoms with E-state index in [2.05, 4.69) is 43.2 Å². The Kier molecular flexibility index (Phi) is 2.92. The molecule has 17 heavy (non-hydrogen) atoms. The number of rotatable bonds is 2. The topological polar surface area (TPSA) is 38.1 Å². The lowest BCUT2D eigenvalue weighted by Crippen LogP contribution is -1.92. The Labute approximate surface area is 102 Å². The zero-order chi connectivity index (χ0) is 12.6. The lowest BCUT2D eigenvalue weighted by atomic mass is 9.97. The van der Waals surface area contributed by atoms with E-state index in [1.165, 1.54) is 22.3 Å². The van der Waals surface area contributed by atoms with Gasteiger partial charge < -0.3 is 9.73 Å². The summed E-state index contributed by atoms with van der Waals surface area (Å²) in [5.74, 6) is 0.851. The average Bonchev–Trinajstić information content (AvgIpc) is 2.59. The standard InChI is InChI=1S/C14H18N2O/c1-8-6-9(2)12(10(3)7-8)13-11(4)17-14(15-5)16-13/h6-7H,1-5H3,(H,15,16). The van der Waals surface area contributed by atoms with Crippen molar-refractivity contribution in [3.05, 3.63) is 34.6 Å². The Morgan fingerprint density at radius 3 is 2.12 bits per heavy atom. The molecule has 2 rings (SSSR count). The molecule has 0 unspecified atom stereocenters. The molecule has 90 valence electrons. The van der Waals surface area contributed by atoms with Gasteiger partial charge in [0, 0.05) is 12.6 Å². The molecule has 0 aliphatic heterocycles. The highest BCUT2D eigenvalue weighted by molar-refractivity contribution is 5.70. The molecule has 0 bridgehead atoms. The van der Waals surface area contributed by atoms with Crippen LogP contribution in [0.15, 0.2) is 16.5 Å². The van der Waals surface area contributed by atoms with Crippen molar-refractivity contribution in [2.75, 3.05) is 12.4 Å². The number of hydrogen-bond donors (Lipinski definition) is 1. The van der Waals surface area contributed by atoms with E-state index in [-0.39, 0.29) is 0 Å². The number of hydrogen-bond acceptors (Lipinski definition) is 3. The first-order chi connectivity index (χ1) is 8.02. The Balaban J connectivity index is 2.63. The van der Waals surface area contributed by atoms with Crippen LogP contribution in [0.3, 0.4) is 0 Å². The molecule has 0 saturated carbocycles. The Hall–Kier alpha value is -1.77. The zero-order valence-corrected chi connectivity index (χ0v) is 11.0. The fraction of sp³-hybridized carbons (Fsp3) is 0.357. The first-order valence-corrected chi connectivity index (χ1v) is 5.76. The van der Waals surface area contributed by atoms with Gasteiger partial charge in [0.15, 0.2) is 0 Å². The van der Waals surface area contributed by atoms with Crippen molar-refractivity contribution in [1.29, 1.82) is 0 Å². The van der Waals surface area contributed by atoms with Crippen LogP contribution >= 0.6 is 0 Å². The minimum atomic E-state index is 0.567. The van der Waals surface area contributed by atoms with Crippen LogP contribution in [-0.2, 0) is 0 Å². The molecule has 0 radical (unpaired) electrons. The van der Waals surface area contributed by atoms with Crippen LogP contribution in [0, 0.1) is 27.7 Å².